The number of nitrogens with zero attached hydrogens (tertiary/aromatic N) is 2. The van der Waals surface area contributed by atoms with Crippen molar-refractivity contribution in [3.63, 3.8) is 0 Å². The summed E-state index contributed by atoms with van der Waals surface area (Å²) in [6.45, 7) is 0.973. The van der Waals surface area contributed by atoms with Crippen molar-refractivity contribution in [2.45, 2.75) is 56.4 Å². The number of amides is 2. The lowest BCUT2D eigenvalue weighted by atomic mass is 9.77. The van der Waals surface area contributed by atoms with Crippen LogP contribution in [-0.4, -0.2) is 40.9 Å². The summed E-state index contributed by atoms with van der Waals surface area (Å²) in [6.07, 6.45) is -7.56. The molecule has 2 amide bonds. The smallest absolute Gasteiger partial charge is 0.364 e. The maximum Gasteiger partial charge on any atom is 0.416 e. The lowest BCUT2D eigenvalue weighted by molar-refractivity contribution is -0.201. The van der Waals surface area contributed by atoms with Crippen LogP contribution in [0.4, 0.5) is 26.3 Å². The first-order chi connectivity index (χ1) is 19.3. The predicted molar refractivity (Wildman–Crippen MR) is 134 cm³/mol. The van der Waals surface area contributed by atoms with E-state index in [1.165, 1.54) is 42.8 Å². The third-order valence-corrected chi connectivity index (χ3v) is 7.30. The highest BCUT2D eigenvalue weighted by Crippen LogP contribution is 2.48. The second-order valence-electron chi connectivity index (χ2n) is 10.2. The zero-order valence-corrected chi connectivity index (χ0v) is 21.6. The summed E-state index contributed by atoms with van der Waals surface area (Å²) in [5, 5.41) is 7.84. The number of carbonyl (C=O) groups is 2. The molecule has 3 heterocycles. The molecule has 216 valence electrons. The topological polar surface area (TPSA) is 97.1 Å². The molecule has 2 aromatic heterocycles. The van der Waals surface area contributed by atoms with Gasteiger partial charge in [-0.1, -0.05) is 35.5 Å². The summed E-state index contributed by atoms with van der Waals surface area (Å²) < 4.78 is 87.6. The van der Waals surface area contributed by atoms with Crippen LogP contribution in [0.15, 0.2) is 59.0 Å². The number of aryl methyl sites for hydroxylation is 1. The molecule has 5 rings (SSSR count). The Labute approximate surface area is 230 Å². The summed E-state index contributed by atoms with van der Waals surface area (Å²) in [5.41, 5.74) is -0.927. The summed E-state index contributed by atoms with van der Waals surface area (Å²) in [5.74, 6) is -2.28. The highest BCUT2D eigenvalue weighted by molar-refractivity contribution is 6.04. The quantitative estimate of drug-likeness (QED) is 0.350. The Bertz CT molecular complexity index is 1490. The maximum atomic E-state index is 14.9. The molecule has 0 spiro atoms. The monoisotopic (exact) mass is 578 g/mol. The van der Waals surface area contributed by atoms with Crippen molar-refractivity contribution in [2.75, 3.05) is 6.54 Å². The Morgan fingerprint density at radius 3 is 2.34 bits per heavy atom. The van der Waals surface area contributed by atoms with Gasteiger partial charge in [0.15, 0.2) is 5.54 Å². The minimum atomic E-state index is -4.98. The van der Waals surface area contributed by atoms with Gasteiger partial charge in [-0.25, -0.2) is 0 Å². The minimum Gasteiger partial charge on any atom is -0.364 e. The van der Waals surface area contributed by atoms with Gasteiger partial charge in [-0.2, -0.15) is 26.3 Å². The predicted octanol–water partition coefficient (Wildman–Crippen LogP) is 5.72. The standard InChI is InChI=1S/C28H24F6N4O3/c1-15-22(14-41-38-15)17-4-7-19(8-5-17)26(28(32,33)34)10-20(23-9-6-18(12-35-23)16-2-3-16)21(25(40)37-26)13-36-24(39)11-27(29,30)31/h4-9,12,14,16H,2-3,10-11,13H2,1H3,(H,36,39)(H,37,40). The molecule has 1 unspecified atom stereocenters. The highest BCUT2D eigenvalue weighted by atomic mass is 19.4. The lowest BCUT2D eigenvalue weighted by Crippen LogP contribution is -2.59. The van der Waals surface area contributed by atoms with Crippen molar-refractivity contribution >= 4 is 17.4 Å². The Kier molecular flexibility index (Phi) is 7.16. The van der Waals surface area contributed by atoms with Crippen molar-refractivity contribution in [3.8, 4) is 11.1 Å². The lowest BCUT2D eigenvalue weighted by Gasteiger charge is -2.41. The molecule has 1 fully saturated rings. The Hall–Kier alpha value is -4.16. The molecule has 0 bridgehead atoms. The number of pyridine rings is 1. The average molecular weight is 579 g/mol. The number of hydrogen-bond donors (Lipinski definition) is 2. The number of nitrogens with one attached hydrogen (secondary N) is 2. The van der Waals surface area contributed by atoms with E-state index in [9.17, 15) is 35.9 Å². The van der Waals surface area contributed by atoms with Gasteiger partial charge in [0, 0.05) is 30.3 Å². The van der Waals surface area contributed by atoms with E-state index in [2.05, 4.69) is 15.5 Å². The number of rotatable bonds is 7. The molecule has 1 aliphatic heterocycles. The van der Waals surface area contributed by atoms with Crippen LogP contribution in [0.25, 0.3) is 16.7 Å². The Morgan fingerprint density at radius 1 is 1.10 bits per heavy atom. The number of halogens is 6. The number of carbonyl (C=O) groups excluding carboxylic acids is 2. The normalized spacial score (nSPS) is 19.7. The first kappa shape index (κ1) is 28.4. The fourth-order valence-electron chi connectivity index (χ4n) is 4.94. The van der Waals surface area contributed by atoms with E-state index in [-0.39, 0.29) is 22.4 Å². The van der Waals surface area contributed by atoms with Gasteiger partial charge >= 0.3 is 12.4 Å². The van der Waals surface area contributed by atoms with Crippen molar-refractivity contribution in [3.05, 3.63) is 76.9 Å². The average Bonchev–Trinajstić information content (AvgIpc) is 3.66. The molecule has 0 saturated heterocycles. The van der Waals surface area contributed by atoms with Crippen LogP contribution in [-0.2, 0) is 15.1 Å². The zero-order valence-electron chi connectivity index (χ0n) is 21.6. The highest BCUT2D eigenvalue weighted by Gasteiger charge is 2.59. The van der Waals surface area contributed by atoms with Gasteiger partial charge in [0.05, 0.1) is 11.4 Å². The molecular weight excluding hydrogens is 554 g/mol. The van der Waals surface area contributed by atoms with E-state index in [1.807, 2.05) is 5.32 Å². The van der Waals surface area contributed by atoms with Crippen molar-refractivity contribution in [1.29, 1.82) is 0 Å². The van der Waals surface area contributed by atoms with E-state index < -0.39 is 49.1 Å². The van der Waals surface area contributed by atoms with Crippen LogP contribution >= 0.6 is 0 Å². The van der Waals surface area contributed by atoms with Crippen LogP contribution < -0.4 is 10.6 Å². The molecule has 1 aliphatic carbocycles. The van der Waals surface area contributed by atoms with Crippen molar-refractivity contribution < 1.29 is 40.5 Å². The summed E-state index contributed by atoms with van der Waals surface area (Å²) in [4.78, 5) is 29.5. The van der Waals surface area contributed by atoms with E-state index in [1.54, 1.807) is 13.0 Å². The molecule has 7 nitrogen and oxygen atoms in total. The van der Waals surface area contributed by atoms with Crippen molar-refractivity contribution in [2.24, 2.45) is 0 Å². The van der Waals surface area contributed by atoms with Crippen LogP contribution in [0.2, 0.25) is 0 Å². The van der Waals surface area contributed by atoms with Gasteiger partial charge in [-0.15, -0.1) is 0 Å². The molecule has 2 N–H and O–H groups in total. The van der Waals surface area contributed by atoms with Crippen LogP contribution in [0.1, 0.15) is 54.1 Å². The molecule has 13 heteroatoms. The van der Waals surface area contributed by atoms with Crippen molar-refractivity contribution in [1.82, 2.24) is 20.8 Å². The Morgan fingerprint density at radius 2 is 1.80 bits per heavy atom. The SMILES string of the molecule is Cc1nocc1-c1ccc(C2(C(F)(F)F)CC(c3ccc(C4CC4)cn3)=C(CNC(=O)CC(F)(F)F)C(=O)N2)cc1. The fraction of sp³-hybridized carbons (Fsp3) is 0.357. The van der Waals surface area contributed by atoms with Gasteiger partial charge in [0.2, 0.25) is 11.8 Å². The van der Waals surface area contributed by atoms with Gasteiger partial charge in [-0.05, 0) is 54.0 Å². The third kappa shape index (κ3) is 5.84. The molecule has 1 atom stereocenters. The number of hydrogen-bond acceptors (Lipinski definition) is 5. The first-order valence-corrected chi connectivity index (χ1v) is 12.7. The van der Waals surface area contributed by atoms with E-state index >= 15 is 0 Å². The van der Waals surface area contributed by atoms with Crippen LogP contribution in [0.5, 0.6) is 0 Å². The second kappa shape index (κ2) is 10.3. The molecule has 1 saturated carbocycles. The maximum absolute atomic E-state index is 14.9. The van der Waals surface area contributed by atoms with E-state index in [0.29, 0.717) is 22.7 Å². The molecule has 41 heavy (non-hydrogen) atoms. The Balaban J connectivity index is 1.55. The number of benzene rings is 1. The molecule has 2 aliphatic rings. The zero-order chi connectivity index (χ0) is 29.6. The van der Waals surface area contributed by atoms with Crippen LogP contribution in [0.3, 0.4) is 0 Å². The molecular formula is C28H24F6N4O3. The summed E-state index contributed by atoms with van der Waals surface area (Å²) in [7, 11) is 0. The third-order valence-electron chi connectivity index (χ3n) is 7.30. The van der Waals surface area contributed by atoms with Gasteiger partial charge < -0.3 is 15.2 Å². The molecule has 1 aromatic carbocycles. The minimum absolute atomic E-state index is 0.0645. The van der Waals surface area contributed by atoms with E-state index in [0.717, 1.165) is 18.4 Å². The van der Waals surface area contributed by atoms with Gasteiger partial charge in [-0.3, -0.25) is 14.6 Å². The van der Waals surface area contributed by atoms with Crippen LogP contribution in [0, 0.1) is 6.92 Å². The summed E-state index contributed by atoms with van der Waals surface area (Å²) >= 11 is 0. The first-order valence-electron chi connectivity index (χ1n) is 12.7. The van der Waals surface area contributed by atoms with Gasteiger partial charge in [0.1, 0.15) is 12.7 Å². The van der Waals surface area contributed by atoms with Gasteiger partial charge in [0.25, 0.3) is 0 Å². The largest absolute Gasteiger partial charge is 0.416 e. The number of alkyl halides is 6. The van der Waals surface area contributed by atoms with E-state index in [4.69, 9.17) is 4.52 Å². The molecule has 3 aromatic rings. The number of aromatic nitrogens is 2. The molecule has 0 radical (unpaired) electrons. The fourth-order valence-corrected chi connectivity index (χ4v) is 4.94. The summed E-state index contributed by atoms with van der Waals surface area (Å²) in [6, 6.07) is 8.60. The second-order valence-corrected chi connectivity index (χ2v) is 10.2.